The summed E-state index contributed by atoms with van der Waals surface area (Å²) < 4.78 is -1.11. The molecule has 0 radical (unpaired) electrons. The second-order valence-electron chi connectivity index (χ2n) is 28.2. The minimum absolute atomic E-state index is 0.233. The summed E-state index contributed by atoms with van der Waals surface area (Å²) in [6.45, 7) is 34.8. The normalized spacial score (nSPS) is 31.7. The van der Waals surface area contributed by atoms with E-state index in [0.717, 1.165) is 34.9 Å². The first-order chi connectivity index (χ1) is 36.7. The maximum absolute atomic E-state index is 5.30. The summed E-state index contributed by atoms with van der Waals surface area (Å²) >= 11 is 21.2. The van der Waals surface area contributed by atoms with Gasteiger partial charge in [0.15, 0.2) is 0 Å². The van der Waals surface area contributed by atoms with Crippen LogP contribution in [0.1, 0.15) is 133 Å². The van der Waals surface area contributed by atoms with Crippen molar-refractivity contribution in [2.24, 2.45) is 70.0 Å². The first kappa shape index (κ1) is 63.0. The van der Waals surface area contributed by atoms with E-state index < -0.39 is 24.8 Å². The summed E-state index contributed by atoms with van der Waals surface area (Å²) in [5, 5.41) is 3.33. The lowest BCUT2D eigenvalue weighted by Crippen LogP contribution is -2.66. The number of halogens is 4. The molecule has 10 rings (SSSR count). The zero-order chi connectivity index (χ0) is 56.8. The molecule has 8 aliphatic carbocycles. The highest BCUT2D eigenvalue weighted by molar-refractivity contribution is 7.04. The van der Waals surface area contributed by atoms with Crippen LogP contribution in [0.5, 0.6) is 0 Å². The predicted molar refractivity (Wildman–Crippen MR) is 353 cm³/mol. The van der Waals surface area contributed by atoms with Crippen molar-refractivity contribution in [2.75, 3.05) is 0 Å². The second-order valence-corrected chi connectivity index (χ2v) is 41.9. The fourth-order valence-electron chi connectivity index (χ4n) is 16.2. The Morgan fingerprint density at radius 1 is 0.462 bits per heavy atom. The minimum Gasteiger partial charge on any atom is -0.103 e. The van der Waals surface area contributed by atoms with Crippen LogP contribution in [-0.2, 0) is 0 Å². The van der Waals surface area contributed by atoms with Gasteiger partial charge in [0.2, 0.25) is 0 Å². The molecule has 78 heavy (non-hydrogen) atoms. The molecule has 12 atom stereocenters. The van der Waals surface area contributed by atoms with Crippen LogP contribution < -0.4 is 10.4 Å². The molecule has 0 amide bonds. The third kappa shape index (κ3) is 15.2. The van der Waals surface area contributed by atoms with Crippen molar-refractivity contribution in [3.63, 3.8) is 0 Å². The largest absolute Gasteiger partial charge is 0.125 e. The van der Waals surface area contributed by atoms with E-state index in [0.29, 0.717) is 52.9 Å². The summed E-state index contributed by atoms with van der Waals surface area (Å²) in [4.78, 5) is 0. The summed E-state index contributed by atoms with van der Waals surface area (Å²) in [5.74, 6) is 7.04. The molecule has 2 aromatic rings. The third-order valence-corrected chi connectivity index (χ3v) is 30.9. The first-order valence-corrected chi connectivity index (χ1v) is 37.1. The predicted octanol–water partition coefficient (Wildman–Crippen LogP) is 21.7. The van der Waals surface area contributed by atoms with Crippen molar-refractivity contribution in [2.45, 2.75) is 177 Å². The van der Waals surface area contributed by atoms with E-state index in [-0.39, 0.29) is 10.8 Å². The van der Waals surface area contributed by atoms with Crippen molar-refractivity contribution in [3.8, 4) is 0 Å². The van der Waals surface area contributed by atoms with E-state index in [2.05, 4.69) is 226 Å². The summed E-state index contributed by atoms with van der Waals surface area (Å²) in [6.07, 6.45) is 53.1. The molecular weight excluding hydrogens is 1060 g/mol. The van der Waals surface area contributed by atoms with E-state index >= 15 is 0 Å². The number of alkyl halides is 4. The Morgan fingerprint density at radius 3 is 1.18 bits per heavy atom. The highest BCUT2D eigenvalue weighted by Crippen LogP contribution is 2.65. The summed E-state index contributed by atoms with van der Waals surface area (Å²) in [7, 11) is -3.67. The molecule has 0 bridgehead atoms. The van der Waals surface area contributed by atoms with Gasteiger partial charge in [0.05, 0.1) is 8.07 Å². The van der Waals surface area contributed by atoms with E-state index in [1.807, 2.05) is 0 Å². The number of benzene rings is 2. The van der Waals surface area contributed by atoms with E-state index in [1.54, 1.807) is 49.2 Å². The van der Waals surface area contributed by atoms with Crippen LogP contribution in [0, 0.1) is 70.0 Å². The molecule has 12 unspecified atom stereocenters. The maximum Gasteiger partial charge on any atom is 0.125 e. The topological polar surface area (TPSA) is 0 Å². The Bertz CT molecular complexity index is 2400. The second kappa shape index (κ2) is 26.3. The van der Waals surface area contributed by atoms with Crippen LogP contribution in [0.15, 0.2) is 182 Å². The van der Waals surface area contributed by atoms with Gasteiger partial charge in [-0.15, -0.1) is 59.6 Å². The maximum atomic E-state index is 5.30. The van der Waals surface area contributed by atoms with Crippen molar-refractivity contribution >= 4 is 72.9 Å². The van der Waals surface area contributed by atoms with Crippen LogP contribution >= 0.6 is 46.4 Å². The van der Waals surface area contributed by atoms with Gasteiger partial charge in [0.25, 0.3) is 0 Å². The fraction of sp³-hybridized carbons (Fsp3) is 0.556. The fourth-order valence-corrected chi connectivity index (χ4v) is 28.5. The number of rotatable bonds is 12. The highest BCUT2D eigenvalue weighted by atomic mass is 35.5. The smallest absolute Gasteiger partial charge is 0.103 e. The summed E-state index contributed by atoms with van der Waals surface area (Å²) in [5.41, 5.74) is 6.88. The standard InChI is InChI=1S/C34H38Si.C32H50Si.2C3H6Cl2/c1-2-3-14-26-23-24-29(25-26)35(27-15-6-4-7-16-27,28-17-8-5-9-18-28)34-32-21-12-10-19-30(32)31-20-11-13-22-33(31)34;1-10-11-12-22-13-16-25(19-22)33(8,9)30-28-20-23(31(2,3)4)14-17-26(28)27-18-15-24(21-29(27)30)32(5,6)7;2*1-3(2,4)5/h2,4-13,15-22,26,29-34H,1,3,14,23-25H2;10,14-15,17-18,20-22,25-30H,1,11-13,16,19H2,2-9H3;2*1-2H3. The molecule has 8 aliphatic rings. The number of hydrogen-bond acceptors (Lipinski definition) is 0. The average molecular weight is 1160 g/mol. The van der Waals surface area contributed by atoms with Crippen LogP contribution in [0.2, 0.25) is 35.3 Å². The molecule has 0 spiro atoms. The number of hydrogen-bond donors (Lipinski definition) is 0. The molecule has 0 N–H and O–H groups in total. The van der Waals surface area contributed by atoms with Crippen LogP contribution in [0.4, 0.5) is 0 Å². The lowest BCUT2D eigenvalue weighted by Gasteiger charge is -2.48. The van der Waals surface area contributed by atoms with Crippen LogP contribution in [0.3, 0.4) is 0 Å². The minimum atomic E-state index is -2.18. The van der Waals surface area contributed by atoms with Gasteiger partial charge in [-0.25, -0.2) is 0 Å². The Labute approximate surface area is 498 Å². The van der Waals surface area contributed by atoms with Gasteiger partial charge in [-0.1, -0.05) is 249 Å². The highest BCUT2D eigenvalue weighted by Gasteiger charge is 2.62. The SMILES string of the molecule is C=CCCC1CCC([Si](C)(C)C2C3C=C(C(C)(C)C)C=CC3C3C=CC(C(C)(C)C)=CC32)C1.C=CCCC1CCC([Si](c2ccccc2)(c2ccccc2)C2C3C=CC=CC3C3C=CC=CC32)C1.CC(C)(Cl)Cl.CC(C)(Cl)Cl. The molecule has 4 fully saturated rings. The van der Waals surface area contributed by atoms with Gasteiger partial charge in [-0.05, 0) is 170 Å². The van der Waals surface area contributed by atoms with E-state index in [9.17, 15) is 0 Å². The van der Waals surface area contributed by atoms with Gasteiger partial charge in [0.1, 0.15) is 16.7 Å². The monoisotopic (exact) mass is 1160 g/mol. The average Bonchev–Trinajstić information content (AvgIpc) is 4.38. The molecule has 6 heteroatoms. The number of fused-ring (bicyclic) bond motifs is 6. The zero-order valence-electron chi connectivity index (χ0n) is 50.1. The van der Waals surface area contributed by atoms with E-state index in [4.69, 9.17) is 46.4 Å². The molecule has 2 aromatic carbocycles. The molecular formula is C72H100Cl4Si2. The van der Waals surface area contributed by atoms with E-state index in [1.165, 1.54) is 57.8 Å². The lowest BCUT2D eigenvalue weighted by molar-refractivity contribution is 0.433. The van der Waals surface area contributed by atoms with Crippen LogP contribution in [-0.4, -0.2) is 24.8 Å². The molecule has 4 saturated carbocycles. The van der Waals surface area contributed by atoms with Gasteiger partial charge in [-0.3, -0.25) is 0 Å². The van der Waals surface area contributed by atoms with Crippen molar-refractivity contribution < 1.29 is 0 Å². The Morgan fingerprint density at radius 2 is 0.808 bits per heavy atom. The van der Waals surface area contributed by atoms with Gasteiger partial charge in [-0.2, -0.15) is 0 Å². The third-order valence-electron chi connectivity index (χ3n) is 19.6. The Kier molecular flexibility index (Phi) is 21.3. The summed E-state index contributed by atoms with van der Waals surface area (Å²) in [6, 6.07) is 23.7. The van der Waals surface area contributed by atoms with Gasteiger partial charge in [0, 0.05) is 0 Å². The molecule has 0 aromatic heterocycles. The zero-order valence-corrected chi connectivity index (χ0v) is 55.1. The van der Waals surface area contributed by atoms with Crippen molar-refractivity contribution in [1.29, 1.82) is 0 Å². The van der Waals surface area contributed by atoms with Gasteiger partial charge < -0.3 is 0 Å². The number of allylic oxidation sites excluding steroid dienone is 18. The molecule has 0 aliphatic heterocycles. The molecule has 424 valence electrons. The first-order valence-electron chi connectivity index (χ1n) is 30.3. The Hall–Kier alpha value is -2.57. The Balaban J connectivity index is 0.000000193. The molecule has 0 saturated heterocycles. The molecule has 0 heterocycles. The van der Waals surface area contributed by atoms with Gasteiger partial charge >= 0.3 is 0 Å². The lowest BCUT2D eigenvalue weighted by atomic mass is 9.74. The quantitative estimate of drug-likeness (QED) is 0.113. The van der Waals surface area contributed by atoms with Crippen molar-refractivity contribution in [1.82, 2.24) is 0 Å². The van der Waals surface area contributed by atoms with Crippen molar-refractivity contribution in [3.05, 3.63) is 182 Å². The van der Waals surface area contributed by atoms with Crippen LogP contribution in [0.25, 0.3) is 0 Å². The molecule has 0 nitrogen and oxygen atoms in total.